The third kappa shape index (κ3) is 7.02. The summed E-state index contributed by atoms with van der Waals surface area (Å²) >= 11 is 0. The van der Waals surface area contributed by atoms with E-state index in [1.54, 1.807) is 0 Å². The quantitative estimate of drug-likeness (QED) is 0.546. The Morgan fingerprint density at radius 1 is 1.03 bits per heavy atom. The van der Waals surface area contributed by atoms with E-state index in [-0.39, 0.29) is 57.1 Å². The first kappa shape index (κ1) is 25.1. The summed E-state index contributed by atoms with van der Waals surface area (Å²) in [6, 6.07) is -0.514. The Bertz CT molecular complexity index is 830. The van der Waals surface area contributed by atoms with Gasteiger partial charge in [0, 0.05) is 12.8 Å². The van der Waals surface area contributed by atoms with Crippen LogP contribution in [0.3, 0.4) is 0 Å². The summed E-state index contributed by atoms with van der Waals surface area (Å²) in [5.74, 6) is -0.390. The summed E-state index contributed by atoms with van der Waals surface area (Å²) in [5.41, 5.74) is 0.564. The fourth-order valence-corrected chi connectivity index (χ4v) is 4.12. The molecule has 1 aromatic heterocycles. The number of hydrogen-bond donors (Lipinski definition) is 1. The summed E-state index contributed by atoms with van der Waals surface area (Å²) in [6.45, 7) is -0.0444. The molecule has 4 rings (SSSR count). The number of nitrogens with zero attached hydrogens (tertiary/aromatic N) is 3. The zero-order valence-electron chi connectivity index (χ0n) is 17.8. The number of halogens is 6. The molecule has 0 bridgehead atoms. The molecule has 2 aliphatic carbocycles. The van der Waals surface area contributed by atoms with Crippen molar-refractivity contribution in [1.82, 2.24) is 20.3 Å². The molecule has 1 aromatic rings. The van der Waals surface area contributed by atoms with Crippen LogP contribution in [0.2, 0.25) is 0 Å². The number of rotatable bonds is 8. The van der Waals surface area contributed by atoms with Crippen molar-refractivity contribution in [3.05, 3.63) is 11.9 Å². The van der Waals surface area contributed by atoms with Crippen LogP contribution >= 0.6 is 0 Å². The Hall–Kier alpha value is -1.97. The Morgan fingerprint density at radius 2 is 1.68 bits per heavy atom. The fraction of sp³-hybridized carbons (Fsp3) is 0.842. The molecule has 0 spiro atoms. The molecule has 3 fully saturated rings. The molecule has 34 heavy (non-hydrogen) atoms. The molecule has 2 heterocycles. The number of carbonyl (C=O) groups excluding carboxylic acids is 1. The van der Waals surface area contributed by atoms with Gasteiger partial charge in [0.05, 0.1) is 43.2 Å². The second-order valence-electron chi connectivity index (χ2n) is 8.65. The minimum atomic E-state index is -4.67. The maximum absolute atomic E-state index is 12.2. The van der Waals surface area contributed by atoms with Crippen LogP contribution in [0.25, 0.3) is 0 Å². The van der Waals surface area contributed by atoms with Gasteiger partial charge in [0.15, 0.2) is 0 Å². The smallest absolute Gasteiger partial charge is 0.370 e. The van der Waals surface area contributed by atoms with Gasteiger partial charge in [0.2, 0.25) is 5.91 Å². The van der Waals surface area contributed by atoms with Crippen molar-refractivity contribution in [3.8, 4) is 0 Å². The molecular weight excluding hydrogens is 478 g/mol. The molecule has 9 nitrogen and oxygen atoms in total. The van der Waals surface area contributed by atoms with Crippen LogP contribution in [0.4, 0.5) is 26.3 Å². The summed E-state index contributed by atoms with van der Waals surface area (Å²) in [5, 5.41) is 11.2. The van der Waals surface area contributed by atoms with E-state index >= 15 is 0 Å². The van der Waals surface area contributed by atoms with Gasteiger partial charge in [0.25, 0.3) is 0 Å². The lowest BCUT2D eigenvalue weighted by atomic mass is 9.90. The van der Waals surface area contributed by atoms with E-state index in [0.29, 0.717) is 18.5 Å². The van der Waals surface area contributed by atoms with Crippen LogP contribution in [0.5, 0.6) is 0 Å². The van der Waals surface area contributed by atoms with Crippen molar-refractivity contribution in [2.75, 3.05) is 13.2 Å². The number of carbonyl (C=O) groups is 1. The van der Waals surface area contributed by atoms with Crippen molar-refractivity contribution in [2.24, 2.45) is 0 Å². The molecule has 192 valence electrons. The van der Waals surface area contributed by atoms with Crippen LogP contribution in [0.15, 0.2) is 6.20 Å². The first-order valence-corrected chi connectivity index (χ1v) is 10.9. The van der Waals surface area contributed by atoms with Gasteiger partial charge in [-0.15, -0.1) is 26.3 Å². The van der Waals surface area contributed by atoms with Crippen LogP contribution in [-0.4, -0.2) is 71.2 Å². The maximum atomic E-state index is 12.2. The zero-order chi connectivity index (χ0) is 24.5. The third-order valence-corrected chi connectivity index (χ3v) is 6.00. The predicted molar refractivity (Wildman–Crippen MR) is 99.0 cm³/mol. The minimum Gasteiger partial charge on any atom is -0.370 e. The highest BCUT2D eigenvalue weighted by Gasteiger charge is 2.42. The number of amides is 1. The van der Waals surface area contributed by atoms with Crippen LogP contribution in [0, 0.1) is 0 Å². The third-order valence-electron chi connectivity index (χ3n) is 6.00. The van der Waals surface area contributed by atoms with Gasteiger partial charge in [-0.3, -0.25) is 14.3 Å². The van der Waals surface area contributed by atoms with E-state index in [2.05, 4.69) is 25.0 Å². The predicted octanol–water partition coefficient (Wildman–Crippen LogP) is 2.94. The van der Waals surface area contributed by atoms with E-state index in [1.807, 2.05) is 0 Å². The monoisotopic (exact) mass is 502 g/mol. The lowest BCUT2D eigenvalue weighted by molar-refractivity contribution is -0.357. The molecule has 15 heteroatoms. The second-order valence-corrected chi connectivity index (χ2v) is 8.65. The molecule has 1 N–H and O–H groups in total. The summed E-state index contributed by atoms with van der Waals surface area (Å²) in [4.78, 5) is 13.4. The van der Waals surface area contributed by atoms with Crippen molar-refractivity contribution in [1.29, 1.82) is 0 Å². The van der Waals surface area contributed by atoms with Gasteiger partial charge < -0.3 is 14.8 Å². The molecule has 3 aliphatic rings. The lowest BCUT2D eigenvalue weighted by Gasteiger charge is -2.35. The Morgan fingerprint density at radius 3 is 2.26 bits per heavy atom. The number of aromatic nitrogens is 3. The average molecular weight is 502 g/mol. The number of alkyl halides is 6. The van der Waals surface area contributed by atoms with Crippen molar-refractivity contribution in [3.63, 3.8) is 0 Å². The molecule has 0 unspecified atom stereocenters. The molecule has 2 atom stereocenters. The Kier molecular flexibility index (Phi) is 7.36. The molecule has 0 radical (unpaired) electrons. The van der Waals surface area contributed by atoms with Gasteiger partial charge in [-0.2, -0.15) is 15.0 Å². The fourth-order valence-electron chi connectivity index (χ4n) is 4.12. The first-order valence-electron chi connectivity index (χ1n) is 10.9. The van der Waals surface area contributed by atoms with E-state index in [0.717, 1.165) is 0 Å². The standard InChI is InChI=1S/C19H24F6N4O5/c20-18(21,22)33-13-3-11(4-13)29-26-7-15(28-29)16-2-1-10(8-32-16)27-17(30)9-31-12-5-14(6-12)34-19(23,24)25/h7,10-14,16H,1-6,8-9H2,(H,27,30)/t10-,11?,12?,13?,14?,16+/m0/s1. The topological polar surface area (TPSA) is 96.7 Å². The van der Waals surface area contributed by atoms with E-state index in [4.69, 9.17) is 9.47 Å². The van der Waals surface area contributed by atoms with E-state index in [1.165, 1.54) is 11.0 Å². The minimum absolute atomic E-state index is 0.0819. The summed E-state index contributed by atoms with van der Waals surface area (Å²) < 4.78 is 91.9. The second kappa shape index (κ2) is 9.95. The molecule has 1 amide bonds. The van der Waals surface area contributed by atoms with Crippen molar-refractivity contribution < 1.29 is 50.1 Å². The number of hydrogen-bond acceptors (Lipinski definition) is 7. The summed E-state index contributed by atoms with van der Waals surface area (Å²) in [7, 11) is 0. The Labute approximate surface area is 190 Å². The molecule has 2 saturated carbocycles. The van der Waals surface area contributed by atoms with Crippen molar-refractivity contribution >= 4 is 5.91 Å². The molecule has 0 aromatic carbocycles. The highest BCUT2D eigenvalue weighted by atomic mass is 19.4. The SMILES string of the molecule is O=C(COC1CC(OC(F)(F)F)C1)N[C@H]1CC[C@H](c2cnn(C3CC(OC(F)(F)F)C3)n2)OC1. The number of ether oxygens (including phenoxy) is 4. The largest absolute Gasteiger partial charge is 0.522 e. The molecule has 1 aliphatic heterocycles. The normalized spacial score (nSPS) is 32.1. The van der Waals surface area contributed by atoms with Crippen molar-refractivity contribution in [2.45, 2.75) is 87.7 Å². The molecular formula is C19H24F6N4O5. The van der Waals surface area contributed by atoms with Crippen LogP contribution in [-0.2, 0) is 23.7 Å². The van der Waals surface area contributed by atoms with E-state index < -0.39 is 36.9 Å². The van der Waals surface area contributed by atoms with Gasteiger partial charge in [-0.1, -0.05) is 0 Å². The van der Waals surface area contributed by atoms with Crippen LogP contribution < -0.4 is 5.32 Å². The van der Waals surface area contributed by atoms with E-state index in [9.17, 15) is 31.1 Å². The average Bonchev–Trinajstić information content (AvgIpc) is 3.14. The highest BCUT2D eigenvalue weighted by molar-refractivity contribution is 5.77. The molecule has 1 saturated heterocycles. The lowest BCUT2D eigenvalue weighted by Crippen LogP contribution is -2.45. The van der Waals surface area contributed by atoms with Gasteiger partial charge in [-0.25, -0.2) is 0 Å². The Balaban J connectivity index is 1.11. The highest BCUT2D eigenvalue weighted by Crippen LogP contribution is 2.38. The van der Waals surface area contributed by atoms with Gasteiger partial charge in [0.1, 0.15) is 18.4 Å². The van der Waals surface area contributed by atoms with Crippen LogP contribution in [0.1, 0.15) is 56.4 Å². The number of nitrogens with one attached hydrogen (secondary N) is 1. The summed E-state index contributed by atoms with van der Waals surface area (Å²) in [6.07, 6.45) is -8.78. The zero-order valence-corrected chi connectivity index (χ0v) is 17.8. The van der Waals surface area contributed by atoms with Gasteiger partial charge >= 0.3 is 12.7 Å². The first-order chi connectivity index (χ1) is 15.9. The maximum Gasteiger partial charge on any atom is 0.522 e. The van der Waals surface area contributed by atoms with Gasteiger partial charge in [-0.05, 0) is 25.7 Å².